The number of nitrogens with two attached hydrogens (primary N) is 1. The number of hydrogen-bond donors (Lipinski definition) is 1. The third kappa shape index (κ3) is 3.17. The van der Waals surface area contributed by atoms with Crippen LogP contribution in [0.5, 0.6) is 0 Å². The van der Waals surface area contributed by atoms with E-state index in [0.717, 1.165) is 6.07 Å². The third-order valence-corrected chi connectivity index (χ3v) is 2.05. The van der Waals surface area contributed by atoms with E-state index in [-0.39, 0.29) is 5.56 Å². The van der Waals surface area contributed by atoms with Gasteiger partial charge in [-0.05, 0) is 25.1 Å². The SMILES string of the molecule is COC(=O)c1ccc(C=CCCN)c(F)c1. The number of ether oxygens (including phenoxy) is 1. The first-order chi connectivity index (χ1) is 7.69. The van der Waals surface area contributed by atoms with Crippen molar-refractivity contribution in [3.63, 3.8) is 0 Å². The highest BCUT2D eigenvalue weighted by molar-refractivity contribution is 5.89. The third-order valence-electron chi connectivity index (χ3n) is 2.05. The Morgan fingerprint density at radius 3 is 2.88 bits per heavy atom. The van der Waals surface area contributed by atoms with Crippen molar-refractivity contribution in [3.8, 4) is 0 Å². The van der Waals surface area contributed by atoms with Crippen LogP contribution in [0.2, 0.25) is 0 Å². The molecule has 3 nitrogen and oxygen atoms in total. The molecule has 0 aromatic heterocycles. The summed E-state index contributed by atoms with van der Waals surface area (Å²) in [5, 5.41) is 0. The lowest BCUT2D eigenvalue weighted by Gasteiger charge is -2.01. The van der Waals surface area contributed by atoms with Crippen LogP contribution in [0.15, 0.2) is 24.3 Å². The number of methoxy groups -OCH3 is 1. The molecule has 1 aromatic rings. The number of halogens is 1. The fourth-order valence-electron chi connectivity index (χ4n) is 1.21. The van der Waals surface area contributed by atoms with E-state index in [1.807, 2.05) is 0 Å². The Hall–Kier alpha value is -1.68. The van der Waals surface area contributed by atoms with Gasteiger partial charge in [-0.2, -0.15) is 0 Å². The molecular formula is C12H14FNO2. The van der Waals surface area contributed by atoms with Crippen LogP contribution in [0.1, 0.15) is 22.3 Å². The van der Waals surface area contributed by atoms with Gasteiger partial charge in [-0.15, -0.1) is 0 Å². The lowest BCUT2D eigenvalue weighted by atomic mass is 10.1. The van der Waals surface area contributed by atoms with E-state index in [1.54, 1.807) is 12.2 Å². The quantitative estimate of drug-likeness (QED) is 0.794. The lowest BCUT2D eigenvalue weighted by molar-refractivity contribution is 0.0600. The zero-order valence-corrected chi connectivity index (χ0v) is 9.07. The molecule has 0 atom stereocenters. The molecule has 4 heteroatoms. The smallest absolute Gasteiger partial charge is 0.337 e. The van der Waals surface area contributed by atoms with Crippen molar-refractivity contribution >= 4 is 12.0 Å². The highest BCUT2D eigenvalue weighted by Gasteiger charge is 2.07. The molecule has 0 bridgehead atoms. The second kappa shape index (κ2) is 6.02. The first-order valence-electron chi connectivity index (χ1n) is 4.93. The van der Waals surface area contributed by atoms with Gasteiger partial charge >= 0.3 is 5.97 Å². The number of esters is 1. The monoisotopic (exact) mass is 223 g/mol. The minimum atomic E-state index is -0.545. The molecule has 2 N–H and O–H groups in total. The van der Waals surface area contributed by atoms with Crippen LogP contribution < -0.4 is 5.73 Å². The molecule has 0 fully saturated rings. The highest BCUT2D eigenvalue weighted by Crippen LogP contribution is 2.13. The van der Waals surface area contributed by atoms with E-state index in [1.165, 1.54) is 19.2 Å². The molecule has 0 heterocycles. The molecule has 0 amide bonds. The Morgan fingerprint density at radius 2 is 2.31 bits per heavy atom. The molecule has 0 radical (unpaired) electrons. The summed E-state index contributed by atoms with van der Waals surface area (Å²) >= 11 is 0. The fraction of sp³-hybridized carbons (Fsp3) is 0.250. The van der Waals surface area contributed by atoms with Gasteiger partial charge in [0.05, 0.1) is 12.7 Å². The van der Waals surface area contributed by atoms with Crippen LogP contribution >= 0.6 is 0 Å². The lowest BCUT2D eigenvalue weighted by Crippen LogP contribution is -2.02. The number of benzene rings is 1. The molecular weight excluding hydrogens is 209 g/mol. The Bertz CT molecular complexity index is 402. The van der Waals surface area contributed by atoms with Crippen molar-refractivity contribution in [2.75, 3.05) is 13.7 Å². The summed E-state index contributed by atoms with van der Waals surface area (Å²) < 4.78 is 18.0. The van der Waals surface area contributed by atoms with Crippen molar-refractivity contribution in [1.29, 1.82) is 0 Å². The first-order valence-corrected chi connectivity index (χ1v) is 4.93. The molecule has 16 heavy (non-hydrogen) atoms. The summed E-state index contributed by atoms with van der Waals surface area (Å²) in [6.07, 6.45) is 4.12. The van der Waals surface area contributed by atoms with Gasteiger partial charge in [0.1, 0.15) is 5.82 Å². The van der Waals surface area contributed by atoms with E-state index >= 15 is 0 Å². The maximum absolute atomic E-state index is 13.5. The Kier molecular flexibility index (Phi) is 4.66. The summed E-state index contributed by atoms with van der Waals surface area (Å²) in [6, 6.07) is 4.22. The van der Waals surface area contributed by atoms with Crippen LogP contribution in [0.25, 0.3) is 6.08 Å². The van der Waals surface area contributed by atoms with Gasteiger partial charge in [-0.3, -0.25) is 0 Å². The highest BCUT2D eigenvalue weighted by atomic mass is 19.1. The van der Waals surface area contributed by atoms with Crippen molar-refractivity contribution in [2.45, 2.75) is 6.42 Å². The Balaban J connectivity index is 2.87. The molecule has 0 aliphatic heterocycles. The maximum Gasteiger partial charge on any atom is 0.337 e. The standard InChI is InChI=1S/C12H14FNO2/c1-16-12(15)10-6-5-9(11(13)8-10)4-2-3-7-14/h2,4-6,8H,3,7,14H2,1H3. The van der Waals surface area contributed by atoms with Crippen molar-refractivity contribution in [2.24, 2.45) is 5.73 Å². The molecule has 1 rings (SSSR count). The van der Waals surface area contributed by atoms with Gasteiger partial charge in [0.2, 0.25) is 0 Å². The van der Waals surface area contributed by atoms with Crippen molar-refractivity contribution < 1.29 is 13.9 Å². The topological polar surface area (TPSA) is 52.3 Å². The second-order valence-corrected chi connectivity index (χ2v) is 3.21. The van der Waals surface area contributed by atoms with Gasteiger partial charge in [0, 0.05) is 5.56 Å². The molecule has 0 aliphatic rings. The van der Waals surface area contributed by atoms with Gasteiger partial charge < -0.3 is 10.5 Å². The van der Waals surface area contributed by atoms with Crippen LogP contribution in [0, 0.1) is 5.82 Å². The minimum absolute atomic E-state index is 0.205. The van der Waals surface area contributed by atoms with Crippen molar-refractivity contribution in [3.05, 3.63) is 41.2 Å². The normalized spacial score (nSPS) is 10.7. The van der Waals surface area contributed by atoms with Crippen LogP contribution in [0.3, 0.4) is 0 Å². The van der Waals surface area contributed by atoms with Crippen LogP contribution in [0.4, 0.5) is 4.39 Å². The van der Waals surface area contributed by atoms with E-state index in [0.29, 0.717) is 18.5 Å². The summed E-state index contributed by atoms with van der Waals surface area (Å²) in [5.41, 5.74) is 5.94. The van der Waals surface area contributed by atoms with E-state index in [4.69, 9.17) is 5.73 Å². The average Bonchev–Trinajstić information content (AvgIpc) is 2.30. The van der Waals surface area contributed by atoms with E-state index in [2.05, 4.69) is 4.74 Å². The Labute approximate surface area is 93.7 Å². The minimum Gasteiger partial charge on any atom is -0.465 e. The number of rotatable bonds is 4. The average molecular weight is 223 g/mol. The predicted octanol–water partition coefficient (Wildman–Crippen LogP) is 1.97. The maximum atomic E-state index is 13.5. The number of hydrogen-bond acceptors (Lipinski definition) is 3. The molecule has 0 spiro atoms. The molecule has 1 aromatic carbocycles. The molecule has 0 aliphatic carbocycles. The molecule has 86 valence electrons. The predicted molar refractivity (Wildman–Crippen MR) is 60.4 cm³/mol. The van der Waals surface area contributed by atoms with Crippen LogP contribution in [-0.4, -0.2) is 19.6 Å². The second-order valence-electron chi connectivity index (χ2n) is 3.21. The van der Waals surface area contributed by atoms with E-state index in [9.17, 15) is 9.18 Å². The van der Waals surface area contributed by atoms with Crippen LogP contribution in [-0.2, 0) is 4.74 Å². The zero-order chi connectivity index (χ0) is 12.0. The Morgan fingerprint density at radius 1 is 1.56 bits per heavy atom. The fourth-order valence-corrected chi connectivity index (χ4v) is 1.21. The van der Waals surface area contributed by atoms with Gasteiger partial charge in [0.15, 0.2) is 0 Å². The summed E-state index contributed by atoms with van der Waals surface area (Å²) in [7, 11) is 1.26. The summed E-state index contributed by atoms with van der Waals surface area (Å²) in [5.74, 6) is -0.993. The van der Waals surface area contributed by atoms with Gasteiger partial charge in [-0.25, -0.2) is 9.18 Å². The number of carbonyl (C=O) groups excluding carboxylic acids is 1. The van der Waals surface area contributed by atoms with Gasteiger partial charge in [0.25, 0.3) is 0 Å². The first kappa shape index (κ1) is 12.4. The largest absolute Gasteiger partial charge is 0.465 e. The molecule has 0 saturated heterocycles. The summed E-state index contributed by atoms with van der Waals surface area (Å²) in [6.45, 7) is 0.526. The molecule has 0 saturated carbocycles. The van der Waals surface area contributed by atoms with E-state index < -0.39 is 11.8 Å². The number of carbonyl (C=O) groups is 1. The summed E-state index contributed by atoms with van der Waals surface area (Å²) in [4.78, 5) is 11.1. The van der Waals surface area contributed by atoms with Gasteiger partial charge in [-0.1, -0.05) is 18.2 Å². The molecule has 0 unspecified atom stereocenters. The zero-order valence-electron chi connectivity index (χ0n) is 9.07. The van der Waals surface area contributed by atoms with Crippen molar-refractivity contribution in [1.82, 2.24) is 0 Å².